The summed E-state index contributed by atoms with van der Waals surface area (Å²) in [4.78, 5) is 24.9. The van der Waals surface area contributed by atoms with E-state index in [9.17, 15) is 9.59 Å². The summed E-state index contributed by atoms with van der Waals surface area (Å²) in [6.07, 6.45) is 5.82. The van der Waals surface area contributed by atoms with E-state index in [0.29, 0.717) is 31.0 Å². The van der Waals surface area contributed by atoms with E-state index in [1.807, 2.05) is 30.3 Å². The zero-order valence-corrected chi connectivity index (χ0v) is 15.2. The number of carbonyl (C=O) groups is 2. The topological polar surface area (TPSA) is 96.1 Å². The monoisotopic (exact) mass is 368 g/mol. The van der Waals surface area contributed by atoms with E-state index in [0.717, 1.165) is 31.2 Å². The lowest BCUT2D eigenvalue weighted by molar-refractivity contribution is -0.121. The average molecular weight is 368 g/mol. The summed E-state index contributed by atoms with van der Waals surface area (Å²) in [7, 11) is 0. The Bertz CT molecular complexity index is 810. The molecular formula is C20H24N4O3. The van der Waals surface area contributed by atoms with Crippen molar-refractivity contribution in [1.29, 1.82) is 0 Å². The lowest BCUT2D eigenvalue weighted by Crippen LogP contribution is -2.29. The Morgan fingerprint density at radius 2 is 2.00 bits per heavy atom. The molecule has 0 radical (unpaired) electrons. The number of benzene rings is 1. The molecule has 2 aliphatic carbocycles. The first kappa shape index (κ1) is 17.7. The van der Waals surface area contributed by atoms with Gasteiger partial charge in [-0.1, -0.05) is 30.3 Å². The number of hydrogen-bond donors (Lipinski definition) is 3. The van der Waals surface area contributed by atoms with E-state index < -0.39 is 5.41 Å². The van der Waals surface area contributed by atoms with Crippen LogP contribution in [0.2, 0.25) is 0 Å². The molecule has 1 aromatic heterocycles. The highest BCUT2D eigenvalue weighted by atomic mass is 16.5. The third kappa shape index (κ3) is 4.36. The van der Waals surface area contributed by atoms with Gasteiger partial charge in [-0.15, -0.1) is 0 Å². The maximum Gasteiger partial charge on any atom is 0.256 e. The molecule has 2 aliphatic rings. The van der Waals surface area contributed by atoms with Crippen LogP contribution in [0.1, 0.15) is 48.0 Å². The second kappa shape index (κ2) is 7.52. The molecule has 0 unspecified atom stereocenters. The summed E-state index contributed by atoms with van der Waals surface area (Å²) in [5.74, 6) is 0.0998. The number of ether oxygens (including phenoxy) is 1. The van der Waals surface area contributed by atoms with Crippen LogP contribution in [0.15, 0.2) is 36.5 Å². The number of anilines is 1. The van der Waals surface area contributed by atoms with Gasteiger partial charge in [0.1, 0.15) is 11.4 Å². The van der Waals surface area contributed by atoms with Crippen LogP contribution in [0.25, 0.3) is 0 Å². The molecule has 0 spiro atoms. The molecule has 0 bridgehead atoms. The first-order valence-electron chi connectivity index (χ1n) is 9.44. The summed E-state index contributed by atoms with van der Waals surface area (Å²) >= 11 is 0. The van der Waals surface area contributed by atoms with Crippen LogP contribution >= 0.6 is 0 Å². The van der Waals surface area contributed by atoms with Gasteiger partial charge in [0.2, 0.25) is 5.91 Å². The molecule has 142 valence electrons. The van der Waals surface area contributed by atoms with Gasteiger partial charge in [0.25, 0.3) is 5.91 Å². The van der Waals surface area contributed by atoms with Crippen molar-refractivity contribution in [2.24, 2.45) is 5.41 Å². The highest BCUT2D eigenvalue weighted by molar-refractivity contribution is 6.04. The molecule has 2 aromatic rings. The predicted octanol–water partition coefficient (Wildman–Crippen LogP) is 2.63. The van der Waals surface area contributed by atoms with Crippen LogP contribution < -0.4 is 10.6 Å². The van der Waals surface area contributed by atoms with E-state index in [4.69, 9.17) is 4.74 Å². The normalized spacial score (nSPS) is 17.3. The Labute approximate surface area is 157 Å². The third-order valence-electron chi connectivity index (χ3n) is 5.21. The summed E-state index contributed by atoms with van der Waals surface area (Å²) in [6, 6.07) is 10.2. The number of nitrogens with zero attached hydrogens (tertiary/aromatic N) is 1. The van der Waals surface area contributed by atoms with Crippen LogP contribution in [0.4, 0.5) is 5.82 Å². The van der Waals surface area contributed by atoms with Gasteiger partial charge in [-0.3, -0.25) is 14.7 Å². The largest absolute Gasteiger partial charge is 0.377 e. The van der Waals surface area contributed by atoms with Gasteiger partial charge in [-0.25, -0.2) is 0 Å². The molecule has 0 saturated heterocycles. The SMILES string of the molecule is O=C(NC1CC1)c1cn[nH]c1NC(=O)C1(CCOCc2ccccc2)CC1. The number of nitrogens with one attached hydrogen (secondary N) is 3. The van der Waals surface area contributed by atoms with E-state index in [-0.39, 0.29) is 17.9 Å². The van der Waals surface area contributed by atoms with Gasteiger partial charge >= 0.3 is 0 Å². The highest BCUT2D eigenvalue weighted by Crippen LogP contribution is 2.49. The second-order valence-corrected chi connectivity index (χ2v) is 7.43. The fraction of sp³-hybridized carbons (Fsp3) is 0.450. The number of hydrogen-bond acceptors (Lipinski definition) is 4. The van der Waals surface area contributed by atoms with E-state index >= 15 is 0 Å². The van der Waals surface area contributed by atoms with Gasteiger partial charge in [0, 0.05) is 12.6 Å². The molecule has 1 heterocycles. The minimum absolute atomic E-state index is 0.0736. The minimum atomic E-state index is -0.397. The predicted molar refractivity (Wildman–Crippen MR) is 100 cm³/mol. The number of amides is 2. The molecule has 27 heavy (non-hydrogen) atoms. The quantitative estimate of drug-likeness (QED) is 0.593. The van der Waals surface area contributed by atoms with Crippen molar-refractivity contribution >= 4 is 17.6 Å². The summed E-state index contributed by atoms with van der Waals surface area (Å²) in [5, 5.41) is 12.4. The average Bonchev–Trinajstić information content (AvgIpc) is 3.60. The summed E-state index contributed by atoms with van der Waals surface area (Å²) in [5.41, 5.74) is 1.11. The Morgan fingerprint density at radius 1 is 1.22 bits per heavy atom. The number of carbonyl (C=O) groups excluding carboxylic acids is 2. The van der Waals surface area contributed by atoms with Gasteiger partial charge in [0.15, 0.2) is 0 Å². The number of rotatable bonds is 9. The molecule has 2 amide bonds. The van der Waals surface area contributed by atoms with Crippen LogP contribution in [0, 0.1) is 5.41 Å². The zero-order chi connectivity index (χ0) is 18.7. The zero-order valence-electron chi connectivity index (χ0n) is 15.2. The standard InChI is InChI=1S/C20H24N4O3/c25-18(22-15-6-7-15)16-12-21-24-17(16)23-19(26)20(8-9-20)10-11-27-13-14-4-2-1-3-5-14/h1-5,12,15H,6-11,13H2,(H,22,25)(H2,21,23,24,26). The Balaban J connectivity index is 1.28. The summed E-state index contributed by atoms with van der Waals surface area (Å²) < 4.78 is 5.73. The molecule has 2 saturated carbocycles. The van der Waals surface area contributed by atoms with E-state index in [1.54, 1.807) is 0 Å². The van der Waals surface area contributed by atoms with Gasteiger partial charge in [-0.2, -0.15) is 5.10 Å². The highest BCUT2D eigenvalue weighted by Gasteiger charge is 2.49. The van der Waals surface area contributed by atoms with Crippen LogP contribution in [-0.2, 0) is 16.1 Å². The lowest BCUT2D eigenvalue weighted by Gasteiger charge is -2.15. The Kier molecular flexibility index (Phi) is 4.94. The van der Waals surface area contributed by atoms with Crippen molar-refractivity contribution in [1.82, 2.24) is 15.5 Å². The fourth-order valence-corrected chi connectivity index (χ4v) is 3.06. The van der Waals surface area contributed by atoms with Crippen molar-refractivity contribution in [3.8, 4) is 0 Å². The molecule has 0 atom stereocenters. The van der Waals surface area contributed by atoms with Crippen LogP contribution in [-0.4, -0.2) is 34.7 Å². The maximum absolute atomic E-state index is 12.7. The van der Waals surface area contributed by atoms with Crippen molar-refractivity contribution in [3.05, 3.63) is 47.7 Å². The maximum atomic E-state index is 12.7. The number of H-pyrrole nitrogens is 1. The third-order valence-corrected chi connectivity index (χ3v) is 5.21. The molecule has 2 fully saturated rings. The minimum Gasteiger partial charge on any atom is -0.377 e. The van der Waals surface area contributed by atoms with Gasteiger partial charge < -0.3 is 15.4 Å². The molecule has 0 aliphatic heterocycles. The van der Waals surface area contributed by atoms with Crippen molar-refractivity contribution in [2.75, 3.05) is 11.9 Å². The first-order valence-corrected chi connectivity index (χ1v) is 9.44. The van der Waals surface area contributed by atoms with Crippen molar-refractivity contribution in [2.45, 2.75) is 44.8 Å². The molecule has 7 nitrogen and oxygen atoms in total. The lowest BCUT2D eigenvalue weighted by atomic mass is 10.0. The Morgan fingerprint density at radius 3 is 2.70 bits per heavy atom. The van der Waals surface area contributed by atoms with Crippen molar-refractivity contribution < 1.29 is 14.3 Å². The van der Waals surface area contributed by atoms with Gasteiger partial charge in [-0.05, 0) is 37.7 Å². The Hall–Kier alpha value is -2.67. The molecule has 4 rings (SSSR count). The molecule has 3 N–H and O–H groups in total. The van der Waals surface area contributed by atoms with Crippen LogP contribution in [0.3, 0.4) is 0 Å². The molecule has 7 heteroatoms. The molecular weight excluding hydrogens is 344 g/mol. The number of aromatic nitrogens is 2. The fourth-order valence-electron chi connectivity index (χ4n) is 3.06. The van der Waals surface area contributed by atoms with Gasteiger partial charge in [0.05, 0.1) is 18.2 Å². The molecule has 1 aromatic carbocycles. The number of aromatic amines is 1. The van der Waals surface area contributed by atoms with Crippen molar-refractivity contribution in [3.63, 3.8) is 0 Å². The second-order valence-electron chi connectivity index (χ2n) is 7.43. The van der Waals surface area contributed by atoms with Crippen LogP contribution in [0.5, 0.6) is 0 Å². The smallest absolute Gasteiger partial charge is 0.256 e. The van der Waals surface area contributed by atoms with E-state index in [1.165, 1.54) is 6.20 Å². The van der Waals surface area contributed by atoms with E-state index in [2.05, 4.69) is 20.8 Å². The summed E-state index contributed by atoms with van der Waals surface area (Å²) in [6.45, 7) is 1.07. The first-order chi connectivity index (χ1) is 13.2.